The van der Waals surface area contributed by atoms with Gasteiger partial charge < -0.3 is 4.74 Å². The molecule has 3 rings (SSSR count). The van der Waals surface area contributed by atoms with Crippen LogP contribution in [0.15, 0.2) is 23.2 Å². The van der Waals surface area contributed by atoms with E-state index >= 15 is 0 Å². The van der Waals surface area contributed by atoms with Gasteiger partial charge in [0.2, 0.25) is 5.13 Å². The molecule has 0 saturated heterocycles. The van der Waals surface area contributed by atoms with E-state index in [-0.39, 0.29) is 11.4 Å². The number of aromatic nitrogens is 1. The number of hydrogen-bond acceptors (Lipinski definition) is 6. The van der Waals surface area contributed by atoms with Crippen molar-refractivity contribution in [3.63, 3.8) is 0 Å². The van der Waals surface area contributed by atoms with Crippen molar-refractivity contribution in [1.82, 2.24) is 4.98 Å². The van der Waals surface area contributed by atoms with Gasteiger partial charge in [0.15, 0.2) is 5.75 Å². The summed E-state index contributed by atoms with van der Waals surface area (Å²) in [4.78, 5) is 20.7. The zero-order chi connectivity index (χ0) is 15.5. The van der Waals surface area contributed by atoms with Crippen LogP contribution in [0.3, 0.4) is 0 Å². The highest BCUT2D eigenvalue weighted by Gasteiger charge is 2.16. The molecule has 1 aromatic heterocycles. The summed E-state index contributed by atoms with van der Waals surface area (Å²) < 4.78 is 4.98. The number of nitrogens with zero attached hydrogens (tertiary/aromatic N) is 3. The summed E-state index contributed by atoms with van der Waals surface area (Å²) in [6.07, 6.45) is 6.11. The number of benzene rings is 1. The van der Waals surface area contributed by atoms with Gasteiger partial charge in [0.1, 0.15) is 0 Å². The fraction of sp³-hybridized carbons (Fsp3) is 0.333. The standard InChI is InChI=1S/C15H15N3O3S/c1-21-13-7-6-10(8-12(13)18(19)20)9-16-15-17-11-4-2-3-5-14(11)22-15/h6-9H,2-5H2,1H3/b16-9+. The molecule has 1 aliphatic rings. The average Bonchev–Trinajstić information content (AvgIpc) is 2.95. The first-order valence-electron chi connectivity index (χ1n) is 7.02. The third-order valence-electron chi connectivity index (χ3n) is 3.56. The van der Waals surface area contributed by atoms with E-state index in [0.717, 1.165) is 18.5 Å². The molecule has 0 amide bonds. The summed E-state index contributed by atoms with van der Waals surface area (Å²) in [6.45, 7) is 0. The van der Waals surface area contributed by atoms with Crippen LogP contribution in [0.4, 0.5) is 10.8 Å². The Balaban J connectivity index is 1.84. The molecule has 0 atom stereocenters. The average molecular weight is 317 g/mol. The third-order valence-corrected chi connectivity index (χ3v) is 4.62. The topological polar surface area (TPSA) is 77.6 Å². The second-order valence-electron chi connectivity index (χ2n) is 5.02. The normalized spacial score (nSPS) is 14.0. The second kappa shape index (κ2) is 6.23. The molecule has 1 aliphatic carbocycles. The highest BCUT2D eigenvalue weighted by molar-refractivity contribution is 7.15. The van der Waals surface area contributed by atoms with Crippen molar-refractivity contribution in [2.24, 2.45) is 4.99 Å². The molecule has 6 nitrogen and oxygen atoms in total. The van der Waals surface area contributed by atoms with E-state index in [9.17, 15) is 10.1 Å². The van der Waals surface area contributed by atoms with Crippen LogP contribution in [0, 0.1) is 10.1 Å². The Kier molecular flexibility index (Phi) is 4.15. The minimum absolute atomic E-state index is 0.0649. The number of aryl methyl sites for hydroxylation is 2. The van der Waals surface area contributed by atoms with E-state index in [1.807, 2.05) is 0 Å². The lowest BCUT2D eigenvalue weighted by Crippen LogP contribution is -1.98. The second-order valence-corrected chi connectivity index (χ2v) is 6.08. The lowest BCUT2D eigenvalue weighted by molar-refractivity contribution is -0.385. The minimum Gasteiger partial charge on any atom is -0.490 e. The third kappa shape index (κ3) is 2.99. The summed E-state index contributed by atoms with van der Waals surface area (Å²) in [5.74, 6) is 0.242. The number of rotatable bonds is 4. The van der Waals surface area contributed by atoms with Gasteiger partial charge in [0.05, 0.1) is 17.7 Å². The number of hydrogen-bond donors (Lipinski definition) is 0. The number of fused-ring (bicyclic) bond motifs is 1. The van der Waals surface area contributed by atoms with Crippen LogP contribution in [0.25, 0.3) is 0 Å². The summed E-state index contributed by atoms with van der Waals surface area (Å²) in [7, 11) is 1.41. The molecule has 0 N–H and O–H groups in total. The van der Waals surface area contributed by atoms with E-state index in [2.05, 4.69) is 9.98 Å². The minimum atomic E-state index is -0.460. The maximum absolute atomic E-state index is 11.0. The lowest BCUT2D eigenvalue weighted by Gasteiger charge is -2.06. The van der Waals surface area contributed by atoms with Gasteiger partial charge in [-0.3, -0.25) is 10.1 Å². The molecule has 0 fully saturated rings. The molecule has 7 heteroatoms. The Morgan fingerprint density at radius 2 is 2.23 bits per heavy atom. The van der Waals surface area contributed by atoms with Crippen LogP contribution in [0.1, 0.15) is 29.0 Å². The largest absolute Gasteiger partial charge is 0.490 e. The van der Waals surface area contributed by atoms with Crippen LogP contribution >= 0.6 is 11.3 Å². The first-order valence-corrected chi connectivity index (χ1v) is 7.84. The van der Waals surface area contributed by atoms with Gasteiger partial charge in [-0.15, -0.1) is 0 Å². The van der Waals surface area contributed by atoms with E-state index in [1.54, 1.807) is 29.7 Å². The Morgan fingerprint density at radius 1 is 1.41 bits per heavy atom. The van der Waals surface area contributed by atoms with E-state index in [0.29, 0.717) is 10.7 Å². The maximum Gasteiger partial charge on any atom is 0.311 e. The Hall–Kier alpha value is -2.28. The van der Waals surface area contributed by atoms with Crippen LogP contribution in [0.2, 0.25) is 0 Å². The van der Waals surface area contributed by atoms with Gasteiger partial charge in [0.25, 0.3) is 0 Å². The molecule has 0 unspecified atom stereocenters. The summed E-state index contributed by atoms with van der Waals surface area (Å²) in [6, 6.07) is 4.77. The predicted octanol–water partition coefficient (Wildman–Crippen LogP) is 3.69. The highest BCUT2D eigenvalue weighted by atomic mass is 32.1. The van der Waals surface area contributed by atoms with Crippen molar-refractivity contribution in [3.05, 3.63) is 44.4 Å². The van der Waals surface area contributed by atoms with Crippen LogP contribution in [0.5, 0.6) is 5.75 Å². The quantitative estimate of drug-likeness (QED) is 0.489. The fourth-order valence-corrected chi connectivity index (χ4v) is 3.45. The van der Waals surface area contributed by atoms with E-state index in [1.165, 1.54) is 30.9 Å². The Bertz CT molecular complexity index is 716. The van der Waals surface area contributed by atoms with Crippen LogP contribution < -0.4 is 4.74 Å². The lowest BCUT2D eigenvalue weighted by atomic mass is 10.0. The molecule has 0 aliphatic heterocycles. The number of nitro benzene ring substituents is 1. The Labute approximate surface area is 131 Å². The smallest absolute Gasteiger partial charge is 0.311 e. The van der Waals surface area contributed by atoms with Crippen molar-refractivity contribution < 1.29 is 9.66 Å². The summed E-state index contributed by atoms with van der Waals surface area (Å²) in [5, 5.41) is 11.7. The predicted molar refractivity (Wildman–Crippen MR) is 85.7 cm³/mol. The van der Waals surface area contributed by atoms with Gasteiger partial charge in [-0.25, -0.2) is 9.98 Å². The molecule has 0 radical (unpaired) electrons. The molecule has 1 heterocycles. The number of thiazole rings is 1. The number of ether oxygens (including phenoxy) is 1. The van der Waals surface area contributed by atoms with Crippen molar-refractivity contribution in [2.75, 3.05) is 7.11 Å². The van der Waals surface area contributed by atoms with Crippen LogP contribution in [-0.2, 0) is 12.8 Å². The van der Waals surface area contributed by atoms with Gasteiger partial charge in [0, 0.05) is 17.2 Å². The molecule has 114 valence electrons. The van der Waals surface area contributed by atoms with E-state index in [4.69, 9.17) is 4.74 Å². The zero-order valence-corrected chi connectivity index (χ0v) is 12.9. The molecular formula is C15H15N3O3S. The summed E-state index contributed by atoms with van der Waals surface area (Å²) in [5.41, 5.74) is 1.75. The number of nitro groups is 1. The van der Waals surface area contributed by atoms with Crippen molar-refractivity contribution >= 4 is 28.4 Å². The monoisotopic (exact) mass is 317 g/mol. The van der Waals surface area contributed by atoms with Gasteiger partial charge in [-0.05, 0) is 43.4 Å². The number of aliphatic imine (C=N–C) groups is 1. The van der Waals surface area contributed by atoms with E-state index < -0.39 is 4.92 Å². The first-order chi connectivity index (χ1) is 10.7. The number of methoxy groups -OCH3 is 1. The summed E-state index contributed by atoms with van der Waals surface area (Å²) >= 11 is 1.61. The molecular weight excluding hydrogens is 302 g/mol. The Morgan fingerprint density at radius 3 is 2.95 bits per heavy atom. The van der Waals surface area contributed by atoms with Gasteiger partial charge >= 0.3 is 5.69 Å². The first kappa shape index (κ1) is 14.6. The van der Waals surface area contributed by atoms with Crippen LogP contribution in [-0.4, -0.2) is 23.2 Å². The van der Waals surface area contributed by atoms with Gasteiger partial charge in [-0.2, -0.15) is 0 Å². The molecule has 2 aromatic rings. The van der Waals surface area contributed by atoms with Crippen molar-refractivity contribution in [1.29, 1.82) is 0 Å². The fourth-order valence-electron chi connectivity index (χ4n) is 2.45. The molecule has 0 spiro atoms. The van der Waals surface area contributed by atoms with Crippen molar-refractivity contribution in [3.8, 4) is 5.75 Å². The van der Waals surface area contributed by atoms with Gasteiger partial charge in [-0.1, -0.05) is 11.3 Å². The zero-order valence-electron chi connectivity index (χ0n) is 12.1. The molecule has 1 aromatic carbocycles. The SMILES string of the molecule is COc1ccc(/C=N/c2nc3c(s2)CCCC3)cc1[N+](=O)[O-]. The molecule has 0 bridgehead atoms. The highest BCUT2D eigenvalue weighted by Crippen LogP contribution is 2.31. The molecule has 0 saturated carbocycles. The molecule has 22 heavy (non-hydrogen) atoms. The maximum atomic E-state index is 11.0. The van der Waals surface area contributed by atoms with Crippen molar-refractivity contribution in [2.45, 2.75) is 25.7 Å².